The number of aromatic nitrogens is 2. The number of ether oxygens (including phenoxy) is 1. The minimum Gasteiger partial charge on any atom is -0.497 e. The van der Waals surface area contributed by atoms with Crippen LogP contribution in [0.5, 0.6) is 5.75 Å². The maximum Gasteiger partial charge on any atom is 0.184 e. The van der Waals surface area contributed by atoms with Crippen molar-refractivity contribution in [3.05, 3.63) is 41.6 Å². The predicted molar refractivity (Wildman–Crippen MR) is 68.7 cm³/mol. The minimum atomic E-state index is -0.0103. The van der Waals surface area contributed by atoms with Crippen molar-refractivity contribution in [1.29, 1.82) is 0 Å². The normalized spacial score (nSPS) is 10.3. The van der Waals surface area contributed by atoms with Crippen molar-refractivity contribution >= 4 is 11.6 Å². The van der Waals surface area contributed by atoms with Crippen molar-refractivity contribution in [2.45, 2.75) is 13.5 Å². The first-order valence-corrected chi connectivity index (χ1v) is 5.57. The van der Waals surface area contributed by atoms with Crippen LogP contribution in [0.25, 0.3) is 0 Å². The average molecular weight is 245 g/mol. The van der Waals surface area contributed by atoms with Crippen molar-refractivity contribution in [1.82, 2.24) is 9.78 Å². The summed E-state index contributed by atoms with van der Waals surface area (Å²) < 4.78 is 6.64. The highest BCUT2D eigenvalue weighted by atomic mass is 16.5. The molecule has 0 spiro atoms. The lowest BCUT2D eigenvalue weighted by Gasteiger charge is -2.05. The molecule has 0 fully saturated rings. The molecule has 0 saturated heterocycles. The summed E-state index contributed by atoms with van der Waals surface area (Å²) in [4.78, 5) is 12.0. The van der Waals surface area contributed by atoms with E-state index in [0.29, 0.717) is 11.4 Å². The molecular weight excluding hydrogens is 230 g/mol. The third kappa shape index (κ3) is 2.51. The summed E-state index contributed by atoms with van der Waals surface area (Å²) in [6.45, 7) is 2.06. The molecule has 18 heavy (non-hydrogen) atoms. The first kappa shape index (κ1) is 12.2. The van der Waals surface area contributed by atoms with Crippen LogP contribution >= 0.6 is 0 Å². The standard InChI is InChI=1S/C13H15N3O2/c1-9-7-13(14)15-16(9)8-12(17)10-3-5-11(18-2)6-4-10/h3-7H,8H2,1-2H3,(H2,14,15). The Balaban J connectivity index is 2.14. The first-order chi connectivity index (χ1) is 8.60. The molecule has 1 aromatic carbocycles. The molecule has 1 heterocycles. The van der Waals surface area contributed by atoms with Gasteiger partial charge in [-0.1, -0.05) is 0 Å². The Morgan fingerprint density at radius 1 is 1.39 bits per heavy atom. The van der Waals surface area contributed by atoms with Crippen molar-refractivity contribution in [3.8, 4) is 5.75 Å². The first-order valence-electron chi connectivity index (χ1n) is 5.57. The number of hydrogen-bond acceptors (Lipinski definition) is 4. The maximum absolute atomic E-state index is 12.0. The van der Waals surface area contributed by atoms with Crippen LogP contribution in [0.15, 0.2) is 30.3 Å². The highest BCUT2D eigenvalue weighted by Gasteiger charge is 2.09. The fraction of sp³-hybridized carbons (Fsp3) is 0.231. The molecule has 0 radical (unpaired) electrons. The topological polar surface area (TPSA) is 70.1 Å². The molecule has 0 aliphatic carbocycles. The number of nitrogens with two attached hydrogens (primary N) is 1. The van der Waals surface area contributed by atoms with Crippen LogP contribution in [0.1, 0.15) is 16.1 Å². The second-order valence-electron chi connectivity index (χ2n) is 4.02. The molecule has 94 valence electrons. The molecule has 1 aromatic heterocycles. The third-order valence-electron chi connectivity index (χ3n) is 2.71. The number of carbonyl (C=O) groups is 1. The number of benzene rings is 1. The van der Waals surface area contributed by atoms with Crippen molar-refractivity contribution in [2.24, 2.45) is 0 Å². The fourth-order valence-corrected chi connectivity index (χ4v) is 1.70. The van der Waals surface area contributed by atoms with Gasteiger partial charge in [0, 0.05) is 17.3 Å². The van der Waals surface area contributed by atoms with Crippen LogP contribution < -0.4 is 10.5 Å². The summed E-state index contributed by atoms with van der Waals surface area (Å²) in [5.41, 5.74) is 7.07. The molecular formula is C13H15N3O2. The second-order valence-corrected chi connectivity index (χ2v) is 4.02. The number of ketones is 1. The molecule has 0 saturated carbocycles. The highest BCUT2D eigenvalue weighted by molar-refractivity contribution is 5.96. The van der Waals surface area contributed by atoms with Crippen LogP contribution in [-0.2, 0) is 6.54 Å². The summed E-state index contributed by atoms with van der Waals surface area (Å²) in [6.07, 6.45) is 0. The van der Waals surface area contributed by atoms with E-state index < -0.39 is 0 Å². The van der Waals surface area contributed by atoms with Crippen molar-refractivity contribution < 1.29 is 9.53 Å². The number of rotatable bonds is 4. The summed E-state index contributed by atoms with van der Waals surface area (Å²) in [7, 11) is 1.59. The number of aryl methyl sites for hydroxylation is 1. The minimum absolute atomic E-state index is 0.0103. The van der Waals surface area contributed by atoms with Gasteiger partial charge in [-0.05, 0) is 31.2 Å². The molecule has 0 atom stereocenters. The zero-order valence-electron chi connectivity index (χ0n) is 10.4. The van der Waals surface area contributed by atoms with Gasteiger partial charge in [-0.2, -0.15) is 5.10 Å². The number of nitrogen functional groups attached to an aromatic ring is 1. The Bertz CT molecular complexity index is 558. The largest absolute Gasteiger partial charge is 0.497 e. The van der Waals surface area contributed by atoms with Gasteiger partial charge in [-0.25, -0.2) is 0 Å². The van der Waals surface area contributed by atoms with Gasteiger partial charge in [-0.3, -0.25) is 9.48 Å². The van der Waals surface area contributed by atoms with Gasteiger partial charge in [-0.15, -0.1) is 0 Å². The number of hydrogen-bond donors (Lipinski definition) is 1. The van der Waals surface area contributed by atoms with Crippen LogP contribution in [0, 0.1) is 6.92 Å². The van der Waals surface area contributed by atoms with Gasteiger partial charge in [0.25, 0.3) is 0 Å². The zero-order chi connectivity index (χ0) is 13.1. The van der Waals surface area contributed by atoms with Gasteiger partial charge in [0.05, 0.1) is 7.11 Å². The summed E-state index contributed by atoms with van der Waals surface area (Å²) in [6, 6.07) is 8.74. The van der Waals surface area contributed by atoms with E-state index in [1.165, 1.54) is 0 Å². The quantitative estimate of drug-likeness (QED) is 0.832. The van der Waals surface area contributed by atoms with Crippen molar-refractivity contribution in [2.75, 3.05) is 12.8 Å². The monoisotopic (exact) mass is 245 g/mol. The zero-order valence-corrected chi connectivity index (χ0v) is 10.4. The highest BCUT2D eigenvalue weighted by Crippen LogP contribution is 2.13. The number of methoxy groups -OCH3 is 1. The fourth-order valence-electron chi connectivity index (χ4n) is 1.70. The predicted octanol–water partition coefficient (Wildman–Crippen LogP) is 1.67. The van der Waals surface area contributed by atoms with E-state index in [4.69, 9.17) is 10.5 Å². The average Bonchev–Trinajstić information content (AvgIpc) is 2.68. The molecule has 2 rings (SSSR count). The lowest BCUT2D eigenvalue weighted by Crippen LogP contribution is -2.13. The van der Waals surface area contributed by atoms with Crippen LogP contribution in [0.2, 0.25) is 0 Å². The molecule has 0 amide bonds. The van der Waals surface area contributed by atoms with Crippen molar-refractivity contribution in [3.63, 3.8) is 0 Å². The van der Waals surface area contributed by atoms with E-state index in [0.717, 1.165) is 11.4 Å². The summed E-state index contributed by atoms with van der Waals surface area (Å²) in [5.74, 6) is 1.14. The van der Waals surface area contributed by atoms with E-state index in [2.05, 4.69) is 5.10 Å². The van der Waals surface area contributed by atoms with E-state index in [9.17, 15) is 4.79 Å². The molecule has 0 aliphatic heterocycles. The Labute approximate surface area is 105 Å². The molecule has 0 unspecified atom stereocenters. The molecule has 0 aliphatic rings. The van der Waals surface area contributed by atoms with Gasteiger partial charge < -0.3 is 10.5 Å². The molecule has 5 heteroatoms. The summed E-state index contributed by atoms with van der Waals surface area (Å²) in [5, 5.41) is 4.06. The smallest absolute Gasteiger partial charge is 0.184 e. The Morgan fingerprint density at radius 3 is 2.56 bits per heavy atom. The van der Waals surface area contributed by atoms with Gasteiger partial charge in [0.2, 0.25) is 0 Å². The van der Waals surface area contributed by atoms with Gasteiger partial charge in [0.15, 0.2) is 5.78 Å². The Hall–Kier alpha value is -2.30. The van der Waals surface area contributed by atoms with Crippen LogP contribution in [0.3, 0.4) is 0 Å². The van der Waals surface area contributed by atoms with E-state index in [1.807, 2.05) is 6.92 Å². The number of anilines is 1. The molecule has 2 N–H and O–H groups in total. The van der Waals surface area contributed by atoms with E-state index >= 15 is 0 Å². The molecule has 2 aromatic rings. The van der Waals surface area contributed by atoms with Gasteiger partial charge >= 0.3 is 0 Å². The van der Waals surface area contributed by atoms with E-state index in [1.54, 1.807) is 42.1 Å². The van der Waals surface area contributed by atoms with Gasteiger partial charge in [0.1, 0.15) is 18.1 Å². The van der Waals surface area contributed by atoms with E-state index in [-0.39, 0.29) is 12.3 Å². The Kier molecular flexibility index (Phi) is 3.32. The second kappa shape index (κ2) is 4.91. The lowest BCUT2D eigenvalue weighted by atomic mass is 10.1. The number of nitrogens with zero attached hydrogens (tertiary/aromatic N) is 2. The SMILES string of the molecule is COc1ccc(C(=O)Cn2nc(N)cc2C)cc1. The summed E-state index contributed by atoms with van der Waals surface area (Å²) >= 11 is 0. The number of Topliss-reactive ketones (excluding diaryl/α,β-unsaturated/α-hetero) is 1. The lowest BCUT2D eigenvalue weighted by molar-refractivity contribution is 0.0967. The number of carbonyl (C=O) groups excluding carboxylic acids is 1. The Morgan fingerprint density at radius 2 is 2.06 bits per heavy atom. The molecule has 0 bridgehead atoms. The third-order valence-corrected chi connectivity index (χ3v) is 2.71. The van der Waals surface area contributed by atoms with Crippen LogP contribution in [-0.4, -0.2) is 22.7 Å². The van der Waals surface area contributed by atoms with Crippen LogP contribution in [0.4, 0.5) is 5.82 Å². The maximum atomic E-state index is 12.0. The molecule has 5 nitrogen and oxygen atoms in total.